The zero-order valence-corrected chi connectivity index (χ0v) is 10.5. The van der Waals surface area contributed by atoms with Gasteiger partial charge in [0.05, 0.1) is 0 Å². The molecule has 1 aromatic carbocycles. The molecule has 0 heterocycles. The van der Waals surface area contributed by atoms with Gasteiger partial charge >= 0.3 is 0 Å². The van der Waals surface area contributed by atoms with Crippen molar-refractivity contribution in [3.63, 3.8) is 0 Å². The van der Waals surface area contributed by atoms with Crippen LogP contribution in [0.5, 0.6) is 0 Å². The van der Waals surface area contributed by atoms with Crippen LogP contribution in [0.15, 0.2) is 24.3 Å². The van der Waals surface area contributed by atoms with Gasteiger partial charge in [-0.05, 0) is 43.5 Å². The maximum absolute atomic E-state index is 12.8. The number of anilines is 1. The molecule has 94 valence electrons. The Kier molecular flexibility index (Phi) is 3.67. The van der Waals surface area contributed by atoms with E-state index in [1.54, 1.807) is 0 Å². The Bertz CT molecular complexity index is 355. The number of halogens is 1. The van der Waals surface area contributed by atoms with Crippen LogP contribution in [-0.2, 0) is 0 Å². The van der Waals surface area contributed by atoms with Gasteiger partial charge < -0.3 is 10.6 Å². The molecule has 1 aliphatic carbocycles. The lowest BCUT2D eigenvalue weighted by Crippen LogP contribution is -2.39. The third-order valence-corrected chi connectivity index (χ3v) is 3.81. The summed E-state index contributed by atoms with van der Waals surface area (Å²) in [7, 11) is 2.03. The molecule has 0 unspecified atom stereocenters. The summed E-state index contributed by atoms with van der Waals surface area (Å²) in [6, 6.07) is 6.62. The van der Waals surface area contributed by atoms with E-state index in [0.29, 0.717) is 0 Å². The first kappa shape index (κ1) is 12.4. The lowest BCUT2D eigenvalue weighted by Gasteiger charge is -2.28. The zero-order valence-electron chi connectivity index (χ0n) is 10.5. The second kappa shape index (κ2) is 5.05. The number of hydrogen-bond donors (Lipinski definition) is 1. The molecule has 17 heavy (non-hydrogen) atoms. The van der Waals surface area contributed by atoms with Gasteiger partial charge in [-0.15, -0.1) is 0 Å². The van der Waals surface area contributed by atoms with Crippen LogP contribution in [0.25, 0.3) is 0 Å². The van der Waals surface area contributed by atoms with Crippen LogP contribution in [0.3, 0.4) is 0 Å². The van der Waals surface area contributed by atoms with Crippen molar-refractivity contribution < 1.29 is 4.39 Å². The average Bonchev–Trinajstić information content (AvgIpc) is 2.75. The third kappa shape index (κ3) is 3.19. The SMILES string of the molecule is CN(CCC1(N)CCCC1)c1ccc(F)cc1. The molecule has 0 spiro atoms. The Morgan fingerprint density at radius 2 is 1.82 bits per heavy atom. The minimum Gasteiger partial charge on any atom is -0.375 e. The summed E-state index contributed by atoms with van der Waals surface area (Å²) in [5, 5.41) is 0. The molecule has 1 fully saturated rings. The number of hydrogen-bond acceptors (Lipinski definition) is 2. The predicted octanol–water partition coefficient (Wildman–Crippen LogP) is 2.92. The molecule has 0 amide bonds. The standard InChI is InChI=1S/C14H21FN2/c1-17(13-6-4-12(15)5-7-13)11-10-14(16)8-2-3-9-14/h4-7H,2-3,8-11,16H2,1H3. The first-order valence-corrected chi connectivity index (χ1v) is 6.35. The first-order chi connectivity index (χ1) is 8.09. The lowest BCUT2D eigenvalue weighted by atomic mass is 9.94. The summed E-state index contributed by atoms with van der Waals surface area (Å²) in [5.41, 5.74) is 7.41. The topological polar surface area (TPSA) is 29.3 Å². The molecule has 0 bridgehead atoms. The fourth-order valence-electron chi connectivity index (χ4n) is 2.54. The van der Waals surface area contributed by atoms with Crippen molar-refractivity contribution in [1.82, 2.24) is 0 Å². The zero-order chi connectivity index (χ0) is 12.3. The van der Waals surface area contributed by atoms with Crippen LogP contribution in [0.1, 0.15) is 32.1 Å². The molecular formula is C14H21FN2. The minimum atomic E-state index is -0.187. The van der Waals surface area contributed by atoms with E-state index >= 15 is 0 Å². The minimum absolute atomic E-state index is 0.0360. The molecule has 2 rings (SSSR count). The quantitative estimate of drug-likeness (QED) is 0.871. The van der Waals surface area contributed by atoms with E-state index in [1.165, 1.54) is 25.0 Å². The monoisotopic (exact) mass is 236 g/mol. The molecule has 0 aliphatic heterocycles. The van der Waals surface area contributed by atoms with Gasteiger partial charge in [-0.1, -0.05) is 12.8 Å². The summed E-state index contributed by atoms with van der Waals surface area (Å²) in [6.45, 7) is 0.933. The van der Waals surface area contributed by atoms with Crippen molar-refractivity contribution in [3.05, 3.63) is 30.1 Å². The molecule has 0 radical (unpaired) electrons. The van der Waals surface area contributed by atoms with Crippen LogP contribution in [-0.4, -0.2) is 19.1 Å². The van der Waals surface area contributed by atoms with Crippen molar-refractivity contribution in [3.8, 4) is 0 Å². The number of benzene rings is 1. The highest BCUT2D eigenvalue weighted by Crippen LogP contribution is 2.30. The van der Waals surface area contributed by atoms with E-state index in [9.17, 15) is 4.39 Å². The maximum Gasteiger partial charge on any atom is 0.123 e. The summed E-state index contributed by atoms with van der Waals surface area (Å²) in [6.07, 6.45) is 5.82. The largest absolute Gasteiger partial charge is 0.375 e. The molecule has 1 aliphatic rings. The van der Waals surface area contributed by atoms with Crippen molar-refractivity contribution in [2.45, 2.75) is 37.6 Å². The Morgan fingerprint density at radius 1 is 1.24 bits per heavy atom. The van der Waals surface area contributed by atoms with Gasteiger partial charge in [0.1, 0.15) is 5.82 Å². The highest BCUT2D eigenvalue weighted by molar-refractivity contribution is 5.45. The van der Waals surface area contributed by atoms with Crippen molar-refractivity contribution in [2.75, 3.05) is 18.5 Å². The predicted molar refractivity (Wildman–Crippen MR) is 69.7 cm³/mol. The van der Waals surface area contributed by atoms with Gasteiger partial charge in [0.25, 0.3) is 0 Å². The van der Waals surface area contributed by atoms with Crippen molar-refractivity contribution in [2.24, 2.45) is 5.73 Å². The van der Waals surface area contributed by atoms with E-state index < -0.39 is 0 Å². The molecule has 0 saturated heterocycles. The van der Waals surface area contributed by atoms with E-state index in [-0.39, 0.29) is 11.4 Å². The normalized spacial score (nSPS) is 18.3. The van der Waals surface area contributed by atoms with E-state index in [4.69, 9.17) is 5.73 Å². The molecule has 2 nitrogen and oxygen atoms in total. The molecule has 2 N–H and O–H groups in total. The van der Waals surface area contributed by atoms with E-state index in [0.717, 1.165) is 31.5 Å². The summed E-state index contributed by atoms with van der Waals surface area (Å²) >= 11 is 0. The summed E-state index contributed by atoms with van der Waals surface area (Å²) in [4.78, 5) is 2.15. The van der Waals surface area contributed by atoms with Crippen LogP contribution in [0.4, 0.5) is 10.1 Å². The molecule has 3 heteroatoms. The van der Waals surface area contributed by atoms with Gasteiger partial charge in [0.15, 0.2) is 0 Å². The van der Waals surface area contributed by atoms with E-state index in [1.807, 2.05) is 19.2 Å². The number of nitrogens with zero attached hydrogens (tertiary/aromatic N) is 1. The van der Waals surface area contributed by atoms with E-state index in [2.05, 4.69) is 4.90 Å². The molecule has 0 aromatic heterocycles. The van der Waals surface area contributed by atoms with Crippen LogP contribution >= 0.6 is 0 Å². The molecular weight excluding hydrogens is 215 g/mol. The first-order valence-electron chi connectivity index (χ1n) is 6.35. The Balaban J connectivity index is 1.88. The van der Waals surface area contributed by atoms with Crippen LogP contribution in [0.2, 0.25) is 0 Å². The van der Waals surface area contributed by atoms with Crippen LogP contribution in [0, 0.1) is 5.82 Å². The van der Waals surface area contributed by atoms with Gasteiger partial charge in [0, 0.05) is 24.8 Å². The number of rotatable bonds is 4. The fourth-order valence-corrected chi connectivity index (χ4v) is 2.54. The summed E-state index contributed by atoms with van der Waals surface area (Å²) < 4.78 is 12.8. The second-order valence-corrected chi connectivity index (χ2v) is 5.22. The fraction of sp³-hybridized carbons (Fsp3) is 0.571. The summed E-state index contributed by atoms with van der Waals surface area (Å²) in [5.74, 6) is -0.187. The van der Waals surface area contributed by atoms with Gasteiger partial charge in [-0.25, -0.2) is 4.39 Å². The Labute approximate surface area is 103 Å². The average molecular weight is 236 g/mol. The molecule has 0 atom stereocenters. The molecule has 1 saturated carbocycles. The van der Waals surface area contributed by atoms with Gasteiger partial charge in [-0.3, -0.25) is 0 Å². The molecule has 1 aromatic rings. The van der Waals surface area contributed by atoms with Crippen molar-refractivity contribution >= 4 is 5.69 Å². The van der Waals surface area contributed by atoms with Gasteiger partial charge in [0.2, 0.25) is 0 Å². The smallest absolute Gasteiger partial charge is 0.123 e. The third-order valence-electron chi connectivity index (χ3n) is 3.81. The second-order valence-electron chi connectivity index (χ2n) is 5.22. The maximum atomic E-state index is 12.8. The van der Waals surface area contributed by atoms with Crippen LogP contribution < -0.4 is 10.6 Å². The highest BCUT2D eigenvalue weighted by atomic mass is 19.1. The van der Waals surface area contributed by atoms with Crippen molar-refractivity contribution in [1.29, 1.82) is 0 Å². The van der Waals surface area contributed by atoms with Gasteiger partial charge in [-0.2, -0.15) is 0 Å². The highest BCUT2D eigenvalue weighted by Gasteiger charge is 2.28. The Morgan fingerprint density at radius 3 is 2.41 bits per heavy atom. The Hall–Kier alpha value is -1.09. The number of nitrogens with two attached hydrogens (primary N) is 1. The lowest BCUT2D eigenvalue weighted by molar-refractivity contribution is 0.409.